The van der Waals surface area contributed by atoms with Crippen molar-refractivity contribution in [2.45, 2.75) is 97.9 Å². The molecule has 3 fully saturated rings. The fourth-order valence-corrected chi connectivity index (χ4v) is 7.12. The standard InChI is InChI=1S/C24H42O5/c1-16-18(27-14-19(16)29-17(2)25)13-21-23(5)11-8-10-22(3,4)20(23)9-12-24(21,6)28-15-26-7/h16,18-21H,8-15H2,1-7H3/t16-,18+,19+,20?,21+,23-,24+/m0/s1. The second-order valence-electron chi connectivity index (χ2n) is 11.0. The Labute approximate surface area is 177 Å². The van der Waals surface area contributed by atoms with Crippen molar-refractivity contribution in [3.05, 3.63) is 0 Å². The van der Waals surface area contributed by atoms with Crippen molar-refractivity contribution < 1.29 is 23.7 Å². The maximum Gasteiger partial charge on any atom is 0.302 e. The molecule has 168 valence electrons. The molecule has 0 N–H and O–H groups in total. The molecule has 1 unspecified atom stereocenters. The van der Waals surface area contributed by atoms with Gasteiger partial charge in [0.15, 0.2) is 0 Å². The number of esters is 1. The topological polar surface area (TPSA) is 54.0 Å². The van der Waals surface area contributed by atoms with Crippen LogP contribution in [-0.2, 0) is 23.7 Å². The first-order valence-electron chi connectivity index (χ1n) is 11.5. The summed E-state index contributed by atoms with van der Waals surface area (Å²) in [5, 5.41) is 0. The quantitative estimate of drug-likeness (QED) is 0.457. The molecular weight excluding hydrogens is 368 g/mol. The van der Waals surface area contributed by atoms with Gasteiger partial charge in [0.2, 0.25) is 0 Å². The van der Waals surface area contributed by atoms with Gasteiger partial charge in [-0.05, 0) is 61.7 Å². The van der Waals surface area contributed by atoms with Crippen LogP contribution < -0.4 is 0 Å². The molecule has 1 heterocycles. The van der Waals surface area contributed by atoms with Crippen molar-refractivity contribution in [2.24, 2.45) is 28.6 Å². The molecule has 5 nitrogen and oxygen atoms in total. The van der Waals surface area contributed by atoms with Gasteiger partial charge in [0.05, 0.1) is 18.3 Å². The first kappa shape index (κ1) is 23.0. The summed E-state index contributed by atoms with van der Waals surface area (Å²) in [6.45, 7) is 14.2. The zero-order valence-electron chi connectivity index (χ0n) is 19.6. The van der Waals surface area contributed by atoms with E-state index in [-0.39, 0.29) is 35.1 Å². The summed E-state index contributed by atoms with van der Waals surface area (Å²) in [7, 11) is 1.70. The number of fused-ring (bicyclic) bond motifs is 1. The van der Waals surface area contributed by atoms with Crippen LogP contribution in [0.3, 0.4) is 0 Å². The highest BCUT2D eigenvalue weighted by atomic mass is 16.7. The lowest BCUT2D eigenvalue weighted by Crippen LogP contribution is -2.59. The summed E-state index contributed by atoms with van der Waals surface area (Å²) in [6, 6.07) is 0. The van der Waals surface area contributed by atoms with E-state index in [4.69, 9.17) is 18.9 Å². The normalized spacial score (nSPS) is 44.3. The van der Waals surface area contributed by atoms with Crippen molar-refractivity contribution in [1.82, 2.24) is 0 Å². The lowest BCUT2D eigenvalue weighted by Gasteiger charge is -2.62. The van der Waals surface area contributed by atoms with Gasteiger partial charge in [0.1, 0.15) is 12.9 Å². The van der Waals surface area contributed by atoms with Crippen molar-refractivity contribution in [1.29, 1.82) is 0 Å². The van der Waals surface area contributed by atoms with Crippen LogP contribution in [0.2, 0.25) is 0 Å². The lowest BCUT2D eigenvalue weighted by molar-refractivity contribution is -0.227. The van der Waals surface area contributed by atoms with Gasteiger partial charge in [0.25, 0.3) is 0 Å². The second-order valence-corrected chi connectivity index (χ2v) is 11.0. The number of rotatable bonds is 6. The molecule has 3 aliphatic rings. The Morgan fingerprint density at radius 1 is 1.14 bits per heavy atom. The SMILES string of the molecule is COCO[C@]1(C)CCC2C(C)(C)CCC[C@]2(C)[C@H]1C[C@H]1OC[C@@H](OC(C)=O)[C@H]1C. The van der Waals surface area contributed by atoms with Crippen LogP contribution >= 0.6 is 0 Å². The zero-order valence-corrected chi connectivity index (χ0v) is 19.6. The van der Waals surface area contributed by atoms with E-state index in [1.807, 2.05) is 0 Å². The van der Waals surface area contributed by atoms with Crippen LogP contribution in [0, 0.1) is 28.6 Å². The molecule has 7 atom stereocenters. The molecule has 1 aliphatic heterocycles. The maximum absolute atomic E-state index is 11.5. The first-order chi connectivity index (χ1) is 13.5. The van der Waals surface area contributed by atoms with Gasteiger partial charge >= 0.3 is 5.97 Å². The third kappa shape index (κ3) is 4.38. The van der Waals surface area contributed by atoms with E-state index < -0.39 is 0 Å². The molecule has 0 spiro atoms. The molecule has 29 heavy (non-hydrogen) atoms. The number of carbonyl (C=O) groups is 1. The van der Waals surface area contributed by atoms with Gasteiger partial charge in [0, 0.05) is 20.0 Å². The second kappa shape index (κ2) is 8.47. The lowest BCUT2D eigenvalue weighted by atomic mass is 9.45. The van der Waals surface area contributed by atoms with E-state index in [0.29, 0.717) is 30.7 Å². The first-order valence-corrected chi connectivity index (χ1v) is 11.5. The summed E-state index contributed by atoms with van der Waals surface area (Å²) in [5.41, 5.74) is 0.346. The molecule has 0 amide bonds. The minimum atomic E-state index is -0.225. The van der Waals surface area contributed by atoms with Crippen LogP contribution in [-0.4, -0.2) is 44.3 Å². The minimum absolute atomic E-state index is 0.0930. The minimum Gasteiger partial charge on any atom is -0.460 e. The van der Waals surface area contributed by atoms with Gasteiger partial charge in [-0.25, -0.2) is 0 Å². The van der Waals surface area contributed by atoms with Crippen molar-refractivity contribution in [3.63, 3.8) is 0 Å². The van der Waals surface area contributed by atoms with Gasteiger partial charge in [-0.2, -0.15) is 0 Å². The van der Waals surface area contributed by atoms with Crippen LogP contribution in [0.5, 0.6) is 0 Å². The molecule has 2 aliphatic carbocycles. The Morgan fingerprint density at radius 3 is 2.52 bits per heavy atom. The third-order valence-electron chi connectivity index (χ3n) is 8.68. The molecule has 2 saturated carbocycles. The highest BCUT2D eigenvalue weighted by Crippen LogP contribution is 2.64. The molecule has 0 radical (unpaired) electrons. The fourth-order valence-electron chi connectivity index (χ4n) is 7.12. The molecule has 0 aromatic rings. The van der Waals surface area contributed by atoms with E-state index in [1.165, 1.54) is 32.6 Å². The molecule has 0 bridgehead atoms. The predicted octanol–water partition coefficient (Wildman–Crippen LogP) is 4.96. The number of carbonyl (C=O) groups excluding carboxylic acids is 1. The zero-order chi connectivity index (χ0) is 21.4. The average molecular weight is 411 g/mol. The summed E-state index contributed by atoms with van der Waals surface area (Å²) in [5.74, 6) is 1.05. The Morgan fingerprint density at radius 2 is 1.86 bits per heavy atom. The molecule has 0 aromatic carbocycles. The number of hydrogen-bond acceptors (Lipinski definition) is 5. The highest BCUT2D eigenvalue weighted by molar-refractivity contribution is 5.66. The van der Waals surface area contributed by atoms with E-state index in [0.717, 1.165) is 12.8 Å². The summed E-state index contributed by atoms with van der Waals surface area (Å²) in [4.78, 5) is 11.5. The highest BCUT2D eigenvalue weighted by Gasteiger charge is 2.59. The number of ether oxygens (including phenoxy) is 4. The fraction of sp³-hybridized carbons (Fsp3) is 0.958. The Hall–Kier alpha value is -0.650. The van der Waals surface area contributed by atoms with Crippen molar-refractivity contribution in [2.75, 3.05) is 20.5 Å². The molecular formula is C24H42O5. The number of methoxy groups -OCH3 is 1. The van der Waals surface area contributed by atoms with Gasteiger partial charge in [-0.15, -0.1) is 0 Å². The average Bonchev–Trinajstić information content (AvgIpc) is 2.95. The van der Waals surface area contributed by atoms with Crippen LogP contribution in [0.15, 0.2) is 0 Å². The molecule has 5 heteroatoms. The summed E-state index contributed by atoms with van der Waals surface area (Å²) >= 11 is 0. The largest absolute Gasteiger partial charge is 0.460 e. The van der Waals surface area contributed by atoms with Gasteiger partial charge < -0.3 is 18.9 Å². The van der Waals surface area contributed by atoms with Crippen LogP contribution in [0.25, 0.3) is 0 Å². The van der Waals surface area contributed by atoms with E-state index in [9.17, 15) is 4.79 Å². The van der Waals surface area contributed by atoms with Crippen LogP contribution in [0.4, 0.5) is 0 Å². The predicted molar refractivity (Wildman–Crippen MR) is 112 cm³/mol. The van der Waals surface area contributed by atoms with Crippen molar-refractivity contribution in [3.8, 4) is 0 Å². The van der Waals surface area contributed by atoms with Gasteiger partial charge in [-0.3, -0.25) is 4.79 Å². The summed E-state index contributed by atoms with van der Waals surface area (Å²) in [6.07, 6.45) is 6.98. The maximum atomic E-state index is 11.5. The summed E-state index contributed by atoms with van der Waals surface area (Å²) < 4.78 is 23.4. The third-order valence-corrected chi connectivity index (χ3v) is 8.68. The van der Waals surface area contributed by atoms with E-state index in [2.05, 4.69) is 34.6 Å². The molecule has 0 aromatic heterocycles. The van der Waals surface area contributed by atoms with E-state index in [1.54, 1.807) is 7.11 Å². The Balaban J connectivity index is 1.86. The Kier molecular flexibility index (Phi) is 6.72. The van der Waals surface area contributed by atoms with Crippen LogP contribution in [0.1, 0.15) is 80.1 Å². The van der Waals surface area contributed by atoms with Gasteiger partial charge in [-0.1, -0.05) is 34.1 Å². The molecule has 3 rings (SSSR count). The smallest absolute Gasteiger partial charge is 0.302 e. The monoisotopic (exact) mass is 410 g/mol. The molecule has 1 saturated heterocycles. The number of hydrogen-bond donors (Lipinski definition) is 0. The Bertz CT molecular complexity index is 590. The van der Waals surface area contributed by atoms with Crippen molar-refractivity contribution >= 4 is 5.97 Å². The van der Waals surface area contributed by atoms with E-state index >= 15 is 0 Å².